The molecular formula is C16H22ClNO. The number of fused-ring (bicyclic) bond motifs is 1. The highest BCUT2D eigenvalue weighted by atomic mass is 35.5. The largest absolute Gasteiger partial charge is 0.508 e. The summed E-state index contributed by atoms with van der Waals surface area (Å²) >= 11 is 0. The molecule has 2 aromatic carbocycles. The maximum absolute atomic E-state index is 10.1. The minimum absolute atomic E-state index is 0. The van der Waals surface area contributed by atoms with Gasteiger partial charge < -0.3 is 10.8 Å². The molecule has 2 nitrogen and oxygen atoms in total. The number of hydrogen-bond acceptors (Lipinski definition) is 2. The molecule has 0 aliphatic carbocycles. The van der Waals surface area contributed by atoms with Crippen molar-refractivity contribution in [3.05, 3.63) is 42.0 Å². The first-order valence-electron chi connectivity index (χ1n) is 6.70. The van der Waals surface area contributed by atoms with E-state index in [9.17, 15) is 5.11 Å². The Hall–Kier alpha value is -1.25. The van der Waals surface area contributed by atoms with Gasteiger partial charge in [0.1, 0.15) is 5.75 Å². The molecule has 0 spiro atoms. The van der Waals surface area contributed by atoms with E-state index in [-0.39, 0.29) is 18.4 Å². The second-order valence-corrected chi connectivity index (χ2v) is 4.82. The van der Waals surface area contributed by atoms with Crippen LogP contribution in [0.5, 0.6) is 5.75 Å². The van der Waals surface area contributed by atoms with Gasteiger partial charge in [0.25, 0.3) is 0 Å². The van der Waals surface area contributed by atoms with Crippen molar-refractivity contribution in [2.24, 2.45) is 5.73 Å². The summed E-state index contributed by atoms with van der Waals surface area (Å²) in [5.74, 6) is 0.317. The van der Waals surface area contributed by atoms with Crippen molar-refractivity contribution in [1.82, 2.24) is 0 Å². The number of benzene rings is 2. The number of unbranched alkanes of at least 4 members (excludes halogenated alkanes) is 2. The van der Waals surface area contributed by atoms with Crippen LogP contribution in [0.1, 0.15) is 44.2 Å². The molecule has 3 heteroatoms. The summed E-state index contributed by atoms with van der Waals surface area (Å²) in [7, 11) is 0. The average Bonchev–Trinajstić information content (AvgIpc) is 2.38. The van der Waals surface area contributed by atoms with Crippen LogP contribution in [-0.2, 0) is 0 Å². The van der Waals surface area contributed by atoms with E-state index in [4.69, 9.17) is 5.73 Å². The third-order valence-corrected chi connectivity index (χ3v) is 3.44. The van der Waals surface area contributed by atoms with Crippen LogP contribution in [0, 0.1) is 0 Å². The van der Waals surface area contributed by atoms with Crippen molar-refractivity contribution in [1.29, 1.82) is 0 Å². The Kier molecular flexibility index (Phi) is 6.13. The van der Waals surface area contributed by atoms with Crippen LogP contribution in [0.4, 0.5) is 0 Å². The summed E-state index contributed by atoms with van der Waals surface area (Å²) in [6, 6.07) is 11.7. The zero-order valence-electron chi connectivity index (χ0n) is 11.3. The van der Waals surface area contributed by atoms with Gasteiger partial charge in [-0.05, 0) is 23.3 Å². The highest BCUT2D eigenvalue weighted by molar-refractivity contribution is 5.88. The van der Waals surface area contributed by atoms with Gasteiger partial charge in [0.15, 0.2) is 0 Å². The second kappa shape index (κ2) is 7.37. The zero-order chi connectivity index (χ0) is 13.0. The van der Waals surface area contributed by atoms with E-state index >= 15 is 0 Å². The van der Waals surface area contributed by atoms with E-state index in [0.717, 1.165) is 29.2 Å². The molecule has 0 amide bonds. The molecule has 0 fully saturated rings. The molecule has 0 heterocycles. The molecule has 2 aromatic rings. The van der Waals surface area contributed by atoms with Crippen LogP contribution in [-0.4, -0.2) is 5.11 Å². The van der Waals surface area contributed by atoms with E-state index in [0.29, 0.717) is 5.75 Å². The summed E-state index contributed by atoms with van der Waals surface area (Å²) in [5.41, 5.74) is 7.14. The molecule has 0 aromatic heterocycles. The molecule has 1 atom stereocenters. The van der Waals surface area contributed by atoms with Crippen LogP contribution in [0.3, 0.4) is 0 Å². The molecule has 0 aliphatic heterocycles. The van der Waals surface area contributed by atoms with E-state index in [1.165, 1.54) is 12.8 Å². The smallest absolute Gasteiger partial charge is 0.120 e. The Balaban J connectivity index is 0.00000180. The maximum atomic E-state index is 10.1. The van der Waals surface area contributed by atoms with Crippen molar-refractivity contribution >= 4 is 23.2 Å². The first-order valence-corrected chi connectivity index (χ1v) is 6.70. The number of halogens is 1. The third kappa shape index (κ3) is 3.62. The van der Waals surface area contributed by atoms with Crippen molar-refractivity contribution < 1.29 is 5.11 Å². The topological polar surface area (TPSA) is 46.2 Å². The Morgan fingerprint density at radius 3 is 2.58 bits per heavy atom. The SMILES string of the molecule is CCCCC[C@H](N)c1c(O)ccc2ccccc12.Cl. The van der Waals surface area contributed by atoms with Gasteiger partial charge in [0.2, 0.25) is 0 Å². The van der Waals surface area contributed by atoms with E-state index in [1.54, 1.807) is 6.07 Å². The first-order chi connectivity index (χ1) is 8.74. The molecule has 0 bridgehead atoms. The standard InChI is InChI=1S/C16H21NO.ClH/c1-2-3-4-9-14(17)16-13-8-6-5-7-12(13)10-11-15(16)18;/h5-8,10-11,14,18H,2-4,9,17H2,1H3;1H/t14-;/m0./s1. The predicted octanol–water partition coefficient (Wildman–Crippen LogP) is 4.55. The number of aromatic hydroxyl groups is 1. The van der Waals surface area contributed by atoms with Crippen LogP contribution in [0.15, 0.2) is 36.4 Å². The molecule has 19 heavy (non-hydrogen) atoms. The average molecular weight is 280 g/mol. The van der Waals surface area contributed by atoms with Gasteiger partial charge in [-0.25, -0.2) is 0 Å². The van der Waals surface area contributed by atoms with E-state index < -0.39 is 0 Å². The summed E-state index contributed by atoms with van der Waals surface area (Å²) in [4.78, 5) is 0. The van der Waals surface area contributed by atoms with Crippen LogP contribution in [0.2, 0.25) is 0 Å². The van der Waals surface area contributed by atoms with Gasteiger partial charge in [0.05, 0.1) is 0 Å². The van der Waals surface area contributed by atoms with Gasteiger partial charge in [-0.2, -0.15) is 0 Å². The Morgan fingerprint density at radius 2 is 1.84 bits per heavy atom. The fourth-order valence-electron chi connectivity index (χ4n) is 2.43. The van der Waals surface area contributed by atoms with Crippen molar-refractivity contribution in [3.63, 3.8) is 0 Å². The normalized spacial score (nSPS) is 12.1. The lowest BCUT2D eigenvalue weighted by molar-refractivity contribution is 0.457. The summed E-state index contributed by atoms with van der Waals surface area (Å²) < 4.78 is 0. The highest BCUT2D eigenvalue weighted by Crippen LogP contribution is 2.33. The molecule has 0 saturated heterocycles. The van der Waals surface area contributed by atoms with E-state index in [1.807, 2.05) is 24.3 Å². The first kappa shape index (κ1) is 15.8. The predicted molar refractivity (Wildman–Crippen MR) is 83.9 cm³/mol. The second-order valence-electron chi connectivity index (χ2n) is 4.82. The van der Waals surface area contributed by atoms with Crippen LogP contribution in [0.25, 0.3) is 10.8 Å². The molecule has 0 unspecified atom stereocenters. The molecule has 2 rings (SSSR count). The molecule has 0 saturated carbocycles. The third-order valence-electron chi connectivity index (χ3n) is 3.44. The van der Waals surface area contributed by atoms with Crippen molar-refractivity contribution in [2.45, 2.75) is 38.6 Å². The van der Waals surface area contributed by atoms with Gasteiger partial charge >= 0.3 is 0 Å². The van der Waals surface area contributed by atoms with Crippen molar-refractivity contribution in [3.8, 4) is 5.75 Å². The van der Waals surface area contributed by atoms with Gasteiger partial charge in [-0.1, -0.05) is 56.5 Å². The number of phenols is 1. The summed E-state index contributed by atoms with van der Waals surface area (Å²) in [5, 5.41) is 12.3. The number of hydrogen-bond donors (Lipinski definition) is 2. The summed E-state index contributed by atoms with van der Waals surface area (Å²) in [6.07, 6.45) is 4.42. The minimum Gasteiger partial charge on any atom is -0.508 e. The zero-order valence-corrected chi connectivity index (χ0v) is 12.1. The monoisotopic (exact) mass is 279 g/mol. The maximum Gasteiger partial charge on any atom is 0.120 e. The molecule has 0 aliphatic rings. The Morgan fingerprint density at radius 1 is 1.11 bits per heavy atom. The lowest BCUT2D eigenvalue weighted by atomic mass is 9.95. The molecule has 104 valence electrons. The van der Waals surface area contributed by atoms with Gasteiger partial charge in [-0.15, -0.1) is 12.4 Å². The van der Waals surface area contributed by atoms with Crippen LogP contribution < -0.4 is 5.73 Å². The lowest BCUT2D eigenvalue weighted by Gasteiger charge is -2.16. The number of nitrogens with two attached hydrogens (primary N) is 1. The number of phenolic OH excluding ortho intramolecular Hbond substituents is 1. The fourth-order valence-corrected chi connectivity index (χ4v) is 2.43. The molecular weight excluding hydrogens is 258 g/mol. The number of rotatable bonds is 5. The summed E-state index contributed by atoms with van der Waals surface area (Å²) in [6.45, 7) is 2.18. The highest BCUT2D eigenvalue weighted by Gasteiger charge is 2.14. The molecule has 3 N–H and O–H groups in total. The minimum atomic E-state index is -0.0809. The lowest BCUT2D eigenvalue weighted by Crippen LogP contribution is -2.11. The van der Waals surface area contributed by atoms with Crippen LogP contribution >= 0.6 is 12.4 Å². The Bertz CT molecular complexity index is 527. The molecule has 0 radical (unpaired) electrons. The Labute approximate surface area is 121 Å². The fraction of sp³-hybridized carbons (Fsp3) is 0.375. The van der Waals surface area contributed by atoms with Gasteiger partial charge in [0, 0.05) is 11.6 Å². The quantitative estimate of drug-likeness (QED) is 0.789. The van der Waals surface area contributed by atoms with Crippen molar-refractivity contribution in [2.75, 3.05) is 0 Å². The van der Waals surface area contributed by atoms with Gasteiger partial charge in [-0.3, -0.25) is 0 Å². The van der Waals surface area contributed by atoms with E-state index in [2.05, 4.69) is 13.0 Å².